The fourth-order valence-electron chi connectivity index (χ4n) is 3.53. The molecule has 0 aliphatic carbocycles. The van der Waals surface area contributed by atoms with E-state index in [1.54, 1.807) is 29.3 Å². The van der Waals surface area contributed by atoms with Crippen LogP contribution in [0.1, 0.15) is 18.2 Å². The number of aromatic nitrogens is 2. The van der Waals surface area contributed by atoms with E-state index in [2.05, 4.69) is 5.10 Å². The minimum absolute atomic E-state index is 0.00802. The first kappa shape index (κ1) is 18.6. The van der Waals surface area contributed by atoms with Crippen molar-refractivity contribution in [3.05, 3.63) is 76.6 Å². The van der Waals surface area contributed by atoms with Crippen molar-refractivity contribution in [2.24, 2.45) is 0 Å². The predicted octanol–water partition coefficient (Wildman–Crippen LogP) is 4.46. The van der Waals surface area contributed by atoms with Crippen molar-refractivity contribution in [1.29, 1.82) is 0 Å². The first-order chi connectivity index (χ1) is 13.4. The molecule has 2 heterocycles. The van der Waals surface area contributed by atoms with Crippen LogP contribution in [0.3, 0.4) is 0 Å². The topological polar surface area (TPSA) is 38.1 Å². The lowest BCUT2D eigenvalue weighted by Crippen LogP contribution is -2.45. The first-order valence-electron chi connectivity index (χ1n) is 8.96. The van der Waals surface area contributed by atoms with Crippen molar-refractivity contribution in [3.63, 3.8) is 0 Å². The molecule has 0 radical (unpaired) electrons. The summed E-state index contributed by atoms with van der Waals surface area (Å²) in [5.74, 6) is -0.863. The van der Waals surface area contributed by atoms with E-state index in [-0.39, 0.29) is 29.2 Å². The molecular weight excluding hydrogens is 384 g/mol. The van der Waals surface area contributed by atoms with Gasteiger partial charge in [-0.2, -0.15) is 5.10 Å². The Balaban J connectivity index is 1.58. The van der Waals surface area contributed by atoms with Crippen LogP contribution < -0.4 is 0 Å². The summed E-state index contributed by atoms with van der Waals surface area (Å²) in [7, 11) is 0. The Morgan fingerprint density at radius 1 is 1.21 bits per heavy atom. The molecule has 0 N–H and O–H groups in total. The molecule has 0 spiro atoms. The average Bonchev–Trinajstić information content (AvgIpc) is 3.07. The summed E-state index contributed by atoms with van der Waals surface area (Å²) in [6.07, 6.45) is 1.90. The fourth-order valence-corrected chi connectivity index (χ4v) is 3.73. The summed E-state index contributed by atoms with van der Waals surface area (Å²) in [6, 6.07) is 10.5. The molecule has 1 aliphatic rings. The molecule has 0 unspecified atom stereocenters. The van der Waals surface area contributed by atoms with E-state index in [1.807, 2.05) is 11.6 Å². The highest BCUT2D eigenvalue weighted by Gasteiger charge is 2.29. The largest absolute Gasteiger partial charge is 0.332 e. The van der Waals surface area contributed by atoms with Gasteiger partial charge in [-0.1, -0.05) is 29.8 Å². The molecule has 0 fully saturated rings. The normalized spacial score (nSPS) is 16.1. The predicted molar refractivity (Wildman–Crippen MR) is 103 cm³/mol. The van der Waals surface area contributed by atoms with Crippen LogP contribution in [-0.4, -0.2) is 26.6 Å². The maximum absolute atomic E-state index is 13.4. The number of halogens is 3. The lowest BCUT2D eigenvalue weighted by atomic mass is 10.0. The second kappa shape index (κ2) is 7.36. The molecule has 3 aromatic rings. The number of nitrogens with zero attached hydrogens (tertiary/aromatic N) is 3. The van der Waals surface area contributed by atoms with Crippen LogP contribution in [0.4, 0.5) is 8.78 Å². The van der Waals surface area contributed by atoms with Gasteiger partial charge in [0.1, 0.15) is 11.6 Å². The first-order valence-corrected chi connectivity index (χ1v) is 9.34. The van der Waals surface area contributed by atoms with Gasteiger partial charge in [-0.05, 0) is 42.3 Å². The smallest absolute Gasteiger partial charge is 0.227 e. The molecule has 0 saturated heterocycles. The standard InChI is InChI=1S/C21H18ClF2N3O/c1-13-11-27-20(17(10-25-27)15-3-5-16(23)6-4-15)12-26(13)21(28)9-14-2-7-19(24)18(22)8-14/h2-8,10,13H,9,11-12H2,1H3/t13-/m0/s1. The molecular formula is C21H18ClF2N3O. The molecule has 4 rings (SSSR count). The number of amides is 1. The highest BCUT2D eigenvalue weighted by Crippen LogP contribution is 2.29. The third-order valence-corrected chi connectivity index (χ3v) is 5.34. The van der Waals surface area contributed by atoms with E-state index in [1.165, 1.54) is 24.3 Å². The Bertz CT molecular complexity index is 1030. The number of benzene rings is 2. The number of carbonyl (C=O) groups is 1. The minimum atomic E-state index is -0.503. The van der Waals surface area contributed by atoms with Crippen LogP contribution in [0.15, 0.2) is 48.7 Å². The number of carbonyl (C=O) groups excluding carboxylic acids is 1. The number of hydrogen-bond donors (Lipinski definition) is 0. The van der Waals surface area contributed by atoms with Crippen LogP contribution in [0.2, 0.25) is 5.02 Å². The van der Waals surface area contributed by atoms with Gasteiger partial charge in [0, 0.05) is 11.6 Å². The van der Waals surface area contributed by atoms with E-state index in [9.17, 15) is 13.6 Å². The van der Waals surface area contributed by atoms with E-state index in [0.717, 1.165) is 16.8 Å². The van der Waals surface area contributed by atoms with Gasteiger partial charge in [0.15, 0.2) is 0 Å². The van der Waals surface area contributed by atoms with Gasteiger partial charge in [-0.15, -0.1) is 0 Å². The van der Waals surface area contributed by atoms with Crippen molar-refractivity contribution in [1.82, 2.24) is 14.7 Å². The van der Waals surface area contributed by atoms with Gasteiger partial charge in [0.2, 0.25) is 5.91 Å². The molecule has 1 aromatic heterocycles. The van der Waals surface area contributed by atoms with Crippen molar-refractivity contribution in [2.75, 3.05) is 0 Å². The Kier molecular flexibility index (Phi) is 4.89. The summed E-state index contributed by atoms with van der Waals surface area (Å²) in [6.45, 7) is 2.95. The van der Waals surface area contributed by atoms with Gasteiger partial charge in [-0.3, -0.25) is 9.48 Å². The molecule has 28 heavy (non-hydrogen) atoms. The van der Waals surface area contributed by atoms with E-state index in [4.69, 9.17) is 11.6 Å². The highest BCUT2D eigenvalue weighted by atomic mass is 35.5. The third kappa shape index (κ3) is 3.52. The van der Waals surface area contributed by atoms with Crippen LogP contribution in [0.5, 0.6) is 0 Å². The van der Waals surface area contributed by atoms with Gasteiger partial charge in [0.25, 0.3) is 0 Å². The molecule has 1 atom stereocenters. The average molecular weight is 402 g/mol. The lowest BCUT2D eigenvalue weighted by molar-refractivity contribution is -0.134. The zero-order valence-corrected chi connectivity index (χ0v) is 16.0. The summed E-state index contributed by atoms with van der Waals surface area (Å²) in [5, 5.41) is 4.44. The van der Waals surface area contributed by atoms with E-state index < -0.39 is 5.82 Å². The van der Waals surface area contributed by atoms with Crippen molar-refractivity contribution in [2.45, 2.75) is 32.5 Å². The molecule has 4 nitrogen and oxygen atoms in total. The fraction of sp³-hybridized carbons (Fsp3) is 0.238. The second-order valence-electron chi connectivity index (χ2n) is 6.99. The second-order valence-corrected chi connectivity index (χ2v) is 7.40. The summed E-state index contributed by atoms with van der Waals surface area (Å²) in [4.78, 5) is 14.7. The number of rotatable bonds is 3. The number of hydrogen-bond acceptors (Lipinski definition) is 2. The van der Waals surface area contributed by atoms with Crippen molar-refractivity contribution < 1.29 is 13.6 Å². The zero-order chi connectivity index (χ0) is 19.8. The summed E-state index contributed by atoms with van der Waals surface area (Å²) < 4.78 is 28.5. The van der Waals surface area contributed by atoms with Crippen molar-refractivity contribution >= 4 is 17.5 Å². The Hall–Kier alpha value is -2.73. The third-order valence-electron chi connectivity index (χ3n) is 5.05. The summed E-state index contributed by atoms with van der Waals surface area (Å²) >= 11 is 5.83. The molecule has 1 aliphatic heterocycles. The maximum atomic E-state index is 13.4. The molecule has 0 bridgehead atoms. The molecule has 144 valence electrons. The maximum Gasteiger partial charge on any atom is 0.227 e. The summed E-state index contributed by atoms with van der Waals surface area (Å²) in [5.41, 5.74) is 3.32. The van der Waals surface area contributed by atoms with Crippen LogP contribution in [0, 0.1) is 11.6 Å². The molecule has 7 heteroatoms. The Morgan fingerprint density at radius 3 is 2.68 bits per heavy atom. The van der Waals surface area contributed by atoms with Crippen LogP contribution >= 0.6 is 11.6 Å². The zero-order valence-electron chi connectivity index (χ0n) is 15.2. The van der Waals surface area contributed by atoms with Crippen molar-refractivity contribution in [3.8, 4) is 11.1 Å². The van der Waals surface area contributed by atoms with Crippen LogP contribution in [-0.2, 0) is 24.3 Å². The lowest BCUT2D eigenvalue weighted by Gasteiger charge is -2.34. The Morgan fingerprint density at radius 2 is 1.96 bits per heavy atom. The van der Waals surface area contributed by atoms with Crippen LogP contribution in [0.25, 0.3) is 11.1 Å². The molecule has 0 saturated carbocycles. The van der Waals surface area contributed by atoms with Gasteiger partial charge in [0.05, 0.1) is 36.4 Å². The molecule has 2 aromatic carbocycles. The Labute approximate surface area is 166 Å². The highest BCUT2D eigenvalue weighted by molar-refractivity contribution is 6.30. The van der Waals surface area contributed by atoms with Gasteiger partial charge in [-0.25, -0.2) is 8.78 Å². The number of fused-ring (bicyclic) bond motifs is 1. The quantitative estimate of drug-likeness (QED) is 0.650. The monoisotopic (exact) mass is 401 g/mol. The molecule has 1 amide bonds. The van der Waals surface area contributed by atoms with Gasteiger partial charge >= 0.3 is 0 Å². The minimum Gasteiger partial charge on any atom is -0.332 e. The van der Waals surface area contributed by atoms with E-state index in [0.29, 0.717) is 18.7 Å². The SMILES string of the molecule is C[C@H]1Cn2ncc(-c3ccc(F)cc3)c2CN1C(=O)Cc1ccc(F)c(Cl)c1. The van der Waals surface area contributed by atoms with E-state index >= 15 is 0 Å². The van der Waals surface area contributed by atoms with Gasteiger partial charge < -0.3 is 4.90 Å².